The molecule has 0 aliphatic heterocycles. The molecule has 0 radical (unpaired) electrons. The van der Waals surface area contributed by atoms with Crippen molar-refractivity contribution >= 4 is 39.1 Å². The van der Waals surface area contributed by atoms with E-state index in [0.717, 1.165) is 11.1 Å². The van der Waals surface area contributed by atoms with E-state index in [-0.39, 0.29) is 4.83 Å². The van der Waals surface area contributed by atoms with Gasteiger partial charge in [-0.05, 0) is 23.8 Å². The molecule has 0 spiro atoms. The Morgan fingerprint density at radius 3 is 2.60 bits per heavy atom. The smallest absolute Gasteiger partial charge is 0.0949 e. The van der Waals surface area contributed by atoms with Crippen LogP contribution in [0.1, 0.15) is 16.0 Å². The molecular weight excluding hydrogens is 299 g/mol. The molecule has 78 valence electrons. The Kier molecular flexibility index (Phi) is 3.39. The van der Waals surface area contributed by atoms with Crippen LogP contribution in [0.4, 0.5) is 0 Å². The first-order valence-electron chi connectivity index (χ1n) is 4.29. The summed E-state index contributed by atoms with van der Waals surface area (Å²) >= 11 is 15.5. The second-order valence-electron chi connectivity index (χ2n) is 3.09. The highest BCUT2D eigenvalue weighted by Crippen LogP contribution is 2.36. The van der Waals surface area contributed by atoms with Crippen LogP contribution in [0, 0.1) is 0 Å². The van der Waals surface area contributed by atoms with Crippen molar-refractivity contribution in [3.05, 3.63) is 58.0 Å². The van der Waals surface area contributed by atoms with Gasteiger partial charge in [-0.1, -0.05) is 45.2 Å². The quantitative estimate of drug-likeness (QED) is 0.706. The minimum absolute atomic E-state index is 0.0287. The predicted molar refractivity (Wildman–Crippen MR) is 65.9 cm³/mol. The number of halogens is 3. The third-order valence-electron chi connectivity index (χ3n) is 2.07. The van der Waals surface area contributed by atoms with Crippen molar-refractivity contribution in [3.8, 4) is 0 Å². The molecule has 2 aromatic rings. The first-order valence-corrected chi connectivity index (χ1v) is 5.97. The lowest BCUT2D eigenvalue weighted by Crippen LogP contribution is -1.91. The van der Waals surface area contributed by atoms with Crippen LogP contribution >= 0.6 is 39.1 Å². The molecule has 1 heterocycles. The van der Waals surface area contributed by atoms with E-state index in [4.69, 9.17) is 27.6 Å². The van der Waals surface area contributed by atoms with Gasteiger partial charge in [-0.3, -0.25) is 0 Å². The monoisotopic (exact) mass is 304 g/mol. The molecule has 1 aromatic carbocycles. The number of hydrogen-bond donors (Lipinski definition) is 0. The van der Waals surface area contributed by atoms with Gasteiger partial charge in [0.25, 0.3) is 0 Å². The summed E-state index contributed by atoms with van der Waals surface area (Å²) in [5.41, 5.74) is 2.00. The summed E-state index contributed by atoms with van der Waals surface area (Å²) in [4.78, 5) is 0.0287. The Bertz CT molecular complexity index is 454. The van der Waals surface area contributed by atoms with Gasteiger partial charge in [0.2, 0.25) is 0 Å². The van der Waals surface area contributed by atoms with Gasteiger partial charge in [0.1, 0.15) is 0 Å². The van der Waals surface area contributed by atoms with Gasteiger partial charge >= 0.3 is 0 Å². The number of hydrogen-bond acceptors (Lipinski definition) is 1. The average Bonchev–Trinajstić information content (AvgIpc) is 2.69. The first-order chi connectivity index (χ1) is 7.18. The highest BCUT2D eigenvalue weighted by molar-refractivity contribution is 9.09. The maximum Gasteiger partial charge on any atom is 0.0949 e. The molecular formula is C11H7BrCl2O. The number of alkyl halides is 1. The van der Waals surface area contributed by atoms with E-state index in [9.17, 15) is 0 Å². The Balaban J connectivity index is 2.38. The standard InChI is InChI=1S/C11H7BrCl2O/c12-11(7-3-4-15-6-7)9-2-1-8(13)5-10(9)14/h1-6,11H. The lowest BCUT2D eigenvalue weighted by atomic mass is 10.1. The third kappa shape index (κ3) is 2.39. The molecule has 0 aliphatic rings. The molecule has 0 saturated carbocycles. The maximum atomic E-state index is 6.10. The lowest BCUT2D eigenvalue weighted by molar-refractivity contribution is 0.564. The minimum atomic E-state index is 0.0287. The van der Waals surface area contributed by atoms with Crippen LogP contribution in [0.25, 0.3) is 0 Å². The summed E-state index contributed by atoms with van der Waals surface area (Å²) in [5.74, 6) is 0. The predicted octanol–water partition coefficient (Wildman–Crippen LogP) is 5.07. The molecule has 0 bridgehead atoms. The Hall–Kier alpha value is -0.440. The van der Waals surface area contributed by atoms with Crippen molar-refractivity contribution in [1.82, 2.24) is 0 Å². The molecule has 2 rings (SSSR count). The van der Waals surface area contributed by atoms with Gasteiger partial charge in [0.15, 0.2) is 0 Å². The summed E-state index contributed by atoms with van der Waals surface area (Å²) in [5, 5.41) is 1.28. The van der Waals surface area contributed by atoms with Gasteiger partial charge in [0, 0.05) is 15.6 Å². The van der Waals surface area contributed by atoms with Crippen LogP contribution in [0.15, 0.2) is 41.2 Å². The third-order valence-corrected chi connectivity index (χ3v) is 3.66. The van der Waals surface area contributed by atoms with Crippen LogP contribution in [0.3, 0.4) is 0 Å². The number of furan rings is 1. The molecule has 4 heteroatoms. The summed E-state index contributed by atoms with van der Waals surface area (Å²) < 4.78 is 5.02. The summed E-state index contributed by atoms with van der Waals surface area (Å²) in [7, 11) is 0. The van der Waals surface area contributed by atoms with Crippen molar-refractivity contribution in [1.29, 1.82) is 0 Å². The summed E-state index contributed by atoms with van der Waals surface area (Å²) in [6.45, 7) is 0. The van der Waals surface area contributed by atoms with Crippen LogP contribution in [-0.4, -0.2) is 0 Å². The molecule has 0 aliphatic carbocycles. The zero-order valence-corrected chi connectivity index (χ0v) is 10.7. The van der Waals surface area contributed by atoms with E-state index in [1.165, 1.54) is 0 Å². The highest BCUT2D eigenvalue weighted by Gasteiger charge is 2.14. The fourth-order valence-corrected chi connectivity index (χ4v) is 2.61. The van der Waals surface area contributed by atoms with E-state index in [1.807, 2.05) is 18.2 Å². The molecule has 0 fully saturated rings. The van der Waals surface area contributed by atoms with Crippen molar-refractivity contribution < 1.29 is 4.42 Å². The van der Waals surface area contributed by atoms with Crippen molar-refractivity contribution in [2.45, 2.75) is 4.83 Å². The van der Waals surface area contributed by atoms with Gasteiger partial charge in [0.05, 0.1) is 17.4 Å². The SMILES string of the molecule is Clc1ccc(C(Br)c2ccoc2)c(Cl)c1. The molecule has 1 atom stereocenters. The molecule has 0 amide bonds. The zero-order chi connectivity index (χ0) is 10.8. The molecule has 0 N–H and O–H groups in total. The van der Waals surface area contributed by atoms with Crippen molar-refractivity contribution in [3.63, 3.8) is 0 Å². The van der Waals surface area contributed by atoms with Crippen LogP contribution in [0.5, 0.6) is 0 Å². The van der Waals surface area contributed by atoms with Gasteiger partial charge in [-0.25, -0.2) is 0 Å². The fraction of sp³-hybridized carbons (Fsp3) is 0.0909. The van der Waals surface area contributed by atoms with E-state index in [2.05, 4.69) is 15.9 Å². The summed E-state index contributed by atoms with van der Waals surface area (Å²) in [6, 6.07) is 7.34. The number of rotatable bonds is 2. The average molecular weight is 306 g/mol. The number of benzene rings is 1. The van der Waals surface area contributed by atoms with Crippen molar-refractivity contribution in [2.24, 2.45) is 0 Å². The largest absolute Gasteiger partial charge is 0.472 e. The van der Waals surface area contributed by atoms with Gasteiger partial charge in [-0.15, -0.1) is 0 Å². The normalized spacial score (nSPS) is 12.7. The minimum Gasteiger partial charge on any atom is -0.472 e. The highest BCUT2D eigenvalue weighted by atomic mass is 79.9. The van der Waals surface area contributed by atoms with E-state index in [0.29, 0.717) is 10.0 Å². The van der Waals surface area contributed by atoms with Crippen molar-refractivity contribution in [2.75, 3.05) is 0 Å². The Morgan fingerprint density at radius 1 is 1.20 bits per heavy atom. The molecule has 1 aromatic heterocycles. The maximum absolute atomic E-state index is 6.10. The van der Waals surface area contributed by atoms with Crippen LogP contribution in [-0.2, 0) is 0 Å². The van der Waals surface area contributed by atoms with E-state index >= 15 is 0 Å². The van der Waals surface area contributed by atoms with Crippen LogP contribution in [0.2, 0.25) is 10.0 Å². The topological polar surface area (TPSA) is 13.1 Å². The molecule has 1 unspecified atom stereocenters. The second-order valence-corrected chi connectivity index (χ2v) is 4.84. The molecule has 0 saturated heterocycles. The molecule has 15 heavy (non-hydrogen) atoms. The Labute approximate surface area is 106 Å². The van der Waals surface area contributed by atoms with E-state index < -0.39 is 0 Å². The van der Waals surface area contributed by atoms with Gasteiger partial charge in [-0.2, -0.15) is 0 Å². The summed E-state index contributed by atoms with van der Waals surface area (Å²) in [6.07, 6.45) is 3.32. The van der Waals surface area contributed by atoms with Crippen LogP contribution < -0.4 is 0 Å². The zero-order valence-electron chi connectivity index (χ0n) is 7.58. The van der Waals surface area contributed by atoms with Gasteiger partial charge < -0.3 is 4.42 Å². The lowest BCUT2D eigenvalue weighted by Gasteiger charge is -2.10. The fourth-order valence-electron chi connectivity index (χ4n) is 1.31. The second kappa shape index (κ2) is 4.60. The Morgan fingerprint density at radius 2 is 2.00 bits per heavy atom. The van der Waals surface area contributed by atoms with E-state index in [1.54, 1.807) is 18.6 Å². The molecule has 1 nitrogen and oxygen atoms in total. The first kappa shape index (κ1) is 11.1.